The summed E-state index contributed by atoms with van der Waals surface area (Å²) in [4.78, 5) is 30.8. The molecule has 0 aliphatic heterocycles. The van der Waals surface area contributed by atoms with Crippen molar-refractivity contribution >= 4 is 22.9 Å². The predicted molar refractivity (Wildman–Crippen MR) is 89.6 cm³/mol. The van der Waals surface area contributed by atoms with Gasteiger partial charge in [0.05, 0.1) is 22.9 Å². The number of amides is 1. The van der Waals surface area contributed by atoms with Gasteiger partial charge >= 0.3 is 0 Å². The topological polar surface area (TPSA) is 98.0 Å². The molecule has 0 radical (unpaired) electrons. The van der Waals surface area contributed by atoms with Gasteiger partial charge in [0.25, 0.3) is 11.6 Å². The van der Waals surface area contributed by atoms with Crippen LogP contribution in [0.5, 0.6) is 0 Å². The first-order valence-electron chi connectivity index (χ1n) is 7.02. The normalized spacial score (nSPS) is 10.3. The van der Waals surface area contributed by atoms with E-state index in [2.05, 4.69) is 15.3 Å². The van der Waals surface area contributed by atoms with Gasteiger partial charge in [0.1, 0.15) is 5.01 Å². The lowest BCUT2D eigenvalue weighted by molar-refractivity contribution is -0.384. The van der Waals surface area contributed by atoms with E-state index in [1.165, 1.54) is 35.6 Å². The summed E-state index contributed by atoms with van der Waals surface area (Å²) in [6, 6.07) is 11.1. The lowest BCUT2D eigenvalue weighted by Crippen LogP contribution is -2.22. The van der Waals surface area contributed by atoms with Crippen molar-refractivity contribution < 1.29 is 9.72 Å². The SMILES string of the molecule is O=C(NCc1csc(-c2ccccn2)n1)c1ccc([N+](=O)[O-])cc1. The Morgan fingerprint density at radius 3 is 2.67 bits per heavy atom. The Labute approximate surface area is 141 Å². The third kappa shape index (κ3) is 3.61. The summed E-state index contributed by atoms with van der Waals surface area (Å²) >= 11 is 1.46. The highest BCUT2D eigenvalue weighted by Gasteiger charge is 2.10. The number of nitro benzene ring substituents is 1. The minimum Gasteiger partial charge on any atom is -0.346 e. The number of pyridine rings is 1. The molecule has 0 saturated heterocycles. The van der Waals surface area contributed by atoms with Crippen molar-refractivity contribution in [3.05, 3.63) is 75.4 Å². The van der Waals surface area contributed by atoms with Crippen LogP contribution >= 0.6 is 11.3 Å². The van der Waals surface area contributed by atoms with Gasteiger partial charge in [0.2, 0.25) is 0 Å². The molecular weight excluding hydrogens is 328 g/mol. The first kappa shape index (κ1) is 15.8. The fraction of sp³-hybridized carbons (Fsp3) is 0.0625. The van der Waals surface area contributed by atoms with Crippen molar-refractivity contribution in [3.63, 3.8) is 0 Å². The Morgan fingerprint density at radius 1 is 1.21 bits per heavy atom. The van der Waals surface area contributed by atoms with Gasteiger partial charge in [-0.2, -0.15) is 0 Å². The molecule has 120 valence electrons. The maximum atomic E-state index is 12.1. The Bertz CT molecular complexity index is 863. The molecule has 0 aliphatic rings. The van der Waals surface area contributed by atoms with Crippen LogP contribution in [0.3, 0.4) is 0 Å². The second-order valence-corrected chi connectivity index (χ2v) is 5.70. The van der Waals surface area contributed by atoms with Gasteiger partial charge in [0, 0.05) is 29.3 Å². The fourth-order valence-electron chi connectivity index (χ4n) is 2.00. The number of carbonyl (C=O) groups is 1. The van der Waals surface area contributed by atoms with E-state index in [9.17, 15) is 14.9 Å². The number of hydrogen-bond donors (Lipinski definition) is 1. The van der Waals surface area contributed by atoms with Gasteiger partial charge in [-0.15, -0.1) is 11.3 Å². The van der Waals surface area contributed by atoms with Crippen LogP contribution in [0.25, 0.3) is 10.7 Å². The number of benzene rings is 1. The largest absolute Gasteiger partial charge is 0.346 e. The average molecular weight is 340 g/mol. The van der Waals surface area contributed by atoms with Crippen molar-refractivity contribution in [2.45, 2.75) is 6.54 Å². The zero-order valence-electron chi connectivity index (χ0n) is 12.4. The highest BCUT2D eigenvalue weighted by atomic mass is 32.1. The van der Waals surface area contributed by atoms with Crippen LogP contribution in [0.1, 0.15) is 16.1 Å². The first-order chi connectivity index (χ1) is 11.6. The minimum atomic E-state index is -0.504. The molecule has 1 aromatic carbocycles. The molecule has 7 nitrogen and oxygen atoms in total. The Hall–Kier alpha value is -3.13. The number of thiazole rings is 1. The number of hydrogen-bond acceptors (Lipinski definition) is 6. The minimum absolute atomic E-state index is 0.0499. The fourth-order valence-corrected chi connectivity index (χ4v) is 2.80. The third-order valence-electron chi connectivity index (χ3n) is 3.21. The summed E-state index contributed by atoms with van der Waals surface area (Å²) in [5, 5.41) is 16.0. The van der Waals surface area contributed by atoms with Crippen molar-refractivity contribution in [2.75, 3.05) is 0 Å². The standard InChI is InChI=1S/C16H12N4O3S/c21-15(11-4-6-13(7-5-11)20(22)23)18-9-12-10-24-16(19-12)14-3-1-2-8-17-14/h1-8,10H,9H2,(H,18,21). The van der Waals surface area contributed by atoms with Gasteiger partial charge < -0.3 is 5.32 Å². The summed E-state index contributed by atoms with van der Waals surface area (Å²) < 4.78 is 0. The van der Waals surface area contributed by atoms with Crippen LogP contribution in [-0.2, 0) is 6.54 Å². The lowest BCUT2D eigenvalue weighted by atomic mass is 10.2. The van der Waals surface area contributed by atoms with Crippen molar-refractivity contribution in [3.8, 4) is 10.7 Å². The molecule has 8 heteroatoms. The molecule has 3 rings (SSSR count). The summed E-state index contributed by atoms with van der Waals surface area (Å²) in [5.74, 6) is -0.308. The quantitative estimate of drug-likeness (QED) is 0.568. The van der Waals surface area contributed by atoms with Gasteiger partial charge in [0.15, 0.2) is 0 Å². The second kappa shape index (κ2) is 6.97. The molecule has 0 bridgehead atoms. The van der Waals surface area contributed by atoms with Crippen LogP contribution in [-0.4, -0.2) is 20.8 Å². The highest BCUT2D eigenvalue weighted by molar-refractivity contribution is 7.13. The monoisotopic (exact) mass is 340 g/mol. The zero-order chi connectivity index (χ0) is 16.9. The van der Waals surface area contributed by atoms with Crippen molar-refractivity contribution in [1.29, 1.82) is 0 Å². The van der Waals surface area contributed by atoms with Gasteiger partial charge in [-0.25, -0.2) is 4.98 Å². The molecule has 0 unspecified atom stereocenters. The Balaban J connectivity index is 1.62. The summed E-state index contributed by atoms with van der Waals surface area (Å²) in [7, 11) is 0. The molecule has 0 aliphatic carbocycles. The van der Waals surface area contributed by atoms with Crippen molar-refractivity contribution in [2.24, 2.45) is 0 Å². The van der Waals surface area contributed by atoms with E-state index < -0.39 is 4.92 Å². The van der Waals surface area contributed by atoms with E-state index in [1.54, 1.807) is 6.20 Å². The van der Waals surface area contributed by atoms with E-state index in [4.69, 9.17) is 0 Å². The molecule has 24 heavy (non-hydrogen) atoms. The van der Waals surface area contributed by atoms with E-state index >= 15 is 0 Å². The Kier molecular flexibility index (Phi) is 4.57. The number of rotatable bonds is 5. The van der Waals surface area contributed by atoms with E-state index in [0.29, 0.717) is 5.56 Å². The van der Waals surface area contributed by atoms with Crippen molar-refractivity contribution in [1.82, 2.24) is 15.3 Å². The van der Waals surface area contributed by atoms with Crippen LogP contribution in [0.2, 0.25) is 0 Å². The number of nitrogens with one attached hydrogen (secondary N) is 1. The van der Waals surface area contributed by atoms with E-state index in [0.717, 1.165) is 16.4 Å². The van der Waals surface area contributed by atoms with Gasteiger partial charge in [-0.05, 0) is 24.3 Å². The molecule has 1 N–H and O–H groups in total. The average Bonchev–Trinajstić information content (AvgIpc) is 3.09. The molecular formula is C16H12N4O3S. The van der Waals surface area contributed by atoms with Crippen LogP contribution in [0.15, 0.2) is 54.0 Å². The Morgan fingerprint density at radius 2 is 2.00 bits per heavy atom. The number of aromatic nitrogens is 2. The third-order valence-corrected chi connectivity index (χ3v) is 4.12. The summed E-state index contributed by atoms with van der Waals surface area (Å²) in [5.41, 5.74) is 1.83. The molecule has 3 aromatic rings. The number of nitrogens with zero attached hydrogens (tertiary/aromatic N) is 3. The maximum absolute atomic E-state index is 12.1. The molecule has 2 heterocycles. The van der Waals surface area contributed by atoms with Crippen LogP contribution in [0.4, 0.5) is 5.69 Å². The zero-order valence-corrected chi connectivity index (χ0v) is 13.2. The molecule has 0 saturated carbocycles. The van der Waals surface area contributed by atoms with Crippen LogP contribution < -0.4 is 5.32 Å². The second-order valence-electron chi connectivity index (χ2n) is 4.85. The lowest BCUT2D eigenvalue weighted by Gasteiger charge is -2.03. The van der Waals surface area contributed by atoms with E-state index in [-0.39, 0.29) is 18.1 Å². The van der Waals surface area contributed by atoms with Gasteiger partial charge in [-0.3, -0.25) is 19.9 Å². The summed E-state index contributed by atoms with van der Waals surface area (Å²) in [6.07, 6.45) is 1.70. The molecule has 0 atom stereocenters. The maximum Gasteiger partial charge on any atom is 0.269 e. The number of nitro groups is 1. The van der Waals surface area contributed by atoms with Crippen LogP contribution in [0, 0.1) is 10.1 Å². The molecule has 1 amide bonds. The predicted octanol–water partition coefficient (Wildman–Crippen LogP) is 3.04. The van der Waals surface area contributed by atoms with Gasteiger partial charge in [-0.1, -0.05) is 6.07 Å². The molecule has 2 aromatic heterocycles. The molecule has 0 spiro atoms. The highest BCUT2D eigenvalue weighted by Crippen LogP contribution is 2.21. The number of carbonyl (C=O) groups excluding carboxylic acids is 1. The first-order valence-corrected chi connectivity index (χ1v) is 7.90. The molecule has 0 fully saturated rings. The number of non-ortho nitro benzene ring substituents is 1. The van der Waals surface area contributed by atoms with E-state index in [1.807, 2.05) is 23.6 Å². The smallest absolute Gasteiger partial charge is 0.269 e. The summed E-state index contributed by atoms with van der Waals surface area (Å²) in [6.45, 7) is 0.277.